The van der Waals surface area contributed by atoms with Crippen molar-refractivity contribution < 1.29 is 13.9 Å². The minimum absolute atomic E-state index is 0.190. The topological polar surface area (TPSA) is 32.3 Å². The summed E-state index contributed by atoms with van der Waals surface area (Å²) in [6.07, 6.45) is -0.481. The summed E-state index contributed by atoms with van der Waals surface area (Å²) >= 11 is 0. The highest BCUT2D eigenvalue weighted by Gasteiger charge is 2.08. The fraction of sp³-hybridized carbons (Fsp3) is 0.455. The van der Waals surface area contributed by atoms with E-state index in [1.807, 2.05) is 0 Å². The number of aliphatic hydroxyl groups excluding tert-OH is 1. The second-order valence-electron chi connectivity index (χ2n) is 3.68. The minimum atomic E-state index is -0.587. The van der Waals surface area contributed by atoms with Crippen molar-refractivity contribution in [3.63, 3.8) is 0 Å². The molecule has 84 valence electrons. The van der Waals surface area contributed by atoms with Crippen LogP contribution in [0.3, 0.4) is 0 Å². The average Bonchev–Trinajstić information content (AvgIpc) is 2.12. The van der Waals surface area contributed by atoms with Gasteiger partial charge in [-0.15, -0.1) is 0 Å². The van der Waals surface area contributed by atoms with Gasteiger partial charge in [-0.25, -0.2) is 8.78 Å². The van der Waals surface area contributed by atoms with Crippen molar-refractivity contribution in [2.75, 3.05) is 6.54 Å². The van der Waals surface area contributed by atoms with Crippen LogP contribution in [0.4, 0.5) is 8.78 Å². The van der Waals surface area contributed by atoms with E-state index in [1.165, 1.54) is 12.1 Å². The van der Waals surface area contributed by atoms with Gasteiger partial charge in [0.25, 0.3) is 0 Å². The molecule has 1 aromatic carbocycles. The van der Waals surface area contributed by atoms with Crippen LogP contribution in [-0.4, -0.2) is 17.8 Å². The Bertz CT molecular complexity index is 308. The quantitative estimate of drug-likeness (QED) is 0.805. The monoisotopic (exact) mass is 215 g/mol. The van der Waals surface area contributed by atoms with E-state index in [-0.39, 0.29) is 6.04 Å². The van der Waals surface area contributed by atoms with Gasteiger partial charge in [-0.2, -0.15) is 0 Å². The lowest BCUT2D eigenvalue weighted by Crippen LogP contribution is -2.27. The molecule has 0 saturated carbocycles. The summed E-state index contributed by atoms with van der Waals surface area (Å²) in [5.74, 6) is -1.17. The van der Waals surface area contributed by atoms with E-state index in [0.29, 0.717) is 12.1 Å². The molecule has 2 N–H and O–H groups in total. The Balaban J connectivity index is 2.68. The Morgan fingerprint density at radius 1 is 1.20 bits per heavy atom. The predicted octanol–water partition coefficient (Wildman–Crippen LogP) is 2.00. The number of hydrogen-bond acceptors (Lipinski definition) is 2. The molecular formula is C11H15F2NO. The standard InChI is InChI=1S/C11H15F2NO/c1-7(15)6-14-8(2)9-3-10(12)5-11(13)4-9/h3-5,7-8,14-15H,6H2,1-2H3/t7-,8-/m1/s1. The van der Waals surface area contributed by atoms with Gasteiger partial charge in [-0.05, 0) is 31.5 Å². The van der Waals surface area contributed by atoms with Crippen LogP contribution in [0.5, 0.6) is 0 Å². The van der Waals surface area contributed by atoms with E-state index in [9.17, 15) is 8.78 Å². The SMILES string of the molecule is C[C@@H](O)CN[C@H](C)c1cc(F)cc(F)c1. The Hall–Kier alpha value is -1.00. The van der Waals surface area contributed by atoms with Crippen LogP contribution >= 0.6 is 0 Å². The molecule has 4 heteroatoms. The van der Waals surface area contributed by atoms with E-state index in [0.717, 1.165) is 6.07 Å². The predicted molar refractivity (Wildman–Crippen MR) is 54.5 cm³/mol. The van der Waals surface area contributed by atoms with E-state index < -0.39 is 17.7 Å². The lowest BCUT2D eigenvalue weighted by molar-refractivity contribution is 0.187. The van der Waals surface area contributed by atoms with E-state index >= 15 is 0 Å². The first-order valence-corrected chi connectivity index (χ1v) is 4.86. The summed E-state index contributed by atoms with van der Waals surface area (Å²) in [7, 11) is 0. The first-order valence-electron chi connectivity index (χ1n) is 4.86. The second kappa shape index (κ2) is 5.19. The van der Waals surface area contributed by atoms with E-state index in [2.05, 4.69) is 5.32 Å². The first-order chi connectivity index (χ1) is 6.99. The molecule has 0 heterocycles. The molecule has 0 unspecified atom stereocenters. The van der Waals surface area contributed by atoms with Gasteiger partial charge in [-0.1, -0.05) is 0 Å². The van der Waals surface area contributed by atoms with Crippen LogP contribution in [0.15, 0.2) is 18.2 Å². The number of nitrogens with one attached hydrogen (secondary N) is 1. The molecule has 0 aliphatic rings. The molecule has 0 saturated heterocycles. The summed E-state index contributed by atoms with van der Waals surface area (Å²) < 4.78 is 25.7. The van der Waals surface area contributed by atoms with Crippen molar-refractivity contribution in [1.82, 2.24) is 5.32 Å². The van der Waals surface area contributed by atoms with Gasteiger partial charge in [0.05, 0.1) is 6.10 Å². The van der Waals surface area contributed by atoms with E-state index in [1.54, 1.807) is 13.8 Å². The van der Waals surface area contributed by atoms with Gasteiger partial charge in [0.2, 0.25) is 0 Å². The third-order valence-electron chi connectivity index (χ3n) is 2.10. The molecule has 0 aliphatic heterocycles. The van der Waals surface area contributed by atoms with Gasteiger partial charge in [0, 0.05) is 18.7 Å². The third-order valence-corrected chi connectivity index (χ3v) is 2.10. The number of benzene rings is 1. The Kier molecular flexibility index (Phi) is 4.17. The van der Waals surface area contributed by atoms with E-state index in [4.69, 9.17) is 5.11 Å². The molecule has 0 bridgehead atoms. The molecule has 0 aliphatic carbocycles. The molecule has 0 radical (unpaired) electrons. The fourth-order valence-corrected chi connectivity index (χ4v) is 1.29. The lowest BCUT2D eigenvalue weighted by atomic mass is 10.1. The molecule has 0 spiro atoms. The van der Waals surface area contributed by atoms with Crippen molar-refractivity contribution in [1.29, 1.82) is 0 Å². The van der Waals surface area contributed by atoms with Gasteiger partial charge in [-0.3, -0.25) is 0 Å². The normalized spacial score (nSPS) is 15.0. The smallest absolute Gasteiger partial charge is 0.126 e. The molecule has 0 amide bonds. The highest BCUT2D eigenvalue weighted by atomic mass is 19.1. The largest absolute Gasteiger partial charge is 0.392 e. The number of rotatable bonds is 4. The summed E-state index contributed by atoms with van der Waals surface area (Å²) in [6.45, 7) is 3.82. The highest BCUT2D eigenvalue weighted by Crippen LogP contribution is 2.15. The molecule has 0 aromatic heterocycles. The molecule has 2 atom stereocenters. The van der Waals surface area contributed by atoms with Crippen molar-refractivity contribution >= 4 is 0 Å². The van der Waals surface area contributed by atoms with Gasteiger partial charge >= 0.3 is 0 Å². The van der Waals surface area contributed by atoms with Crippen LogP contribution in [0.2, 0.25) is 0 Å². The maximum atomic E-state index is 12.9. The third kappa shape index (κ3) is 3.93. The zero-order valence-corrected chi connectivity index (χ0v) is 8.80. The highest BCUT2D eigenvalue weighted by molar-refractivity contribution is 5.20. The fourth-order valence-electron chi connectivity index (χ4n) is 1.29. The van der Waals surface area contributed by atoms with Crippen molar-refractivity contribution in [2.45, 2.75) is 26.0 Å². The van der Waals surface area contributed by atoms with Gasteiger partial charge < -0.3 is 10.4 Å². The Labute approximate surface area is 87.9 Å². The average molecular weight is 215 g/mol. The van der Waals surface area contributed by atoms with Gasteiger partial charge in [0.1, 0.15) is 11.6 Å². The van der Waals surface area contributed by atoms with Crippen LogP contribution in [0.25, 0.3) is 0 Å². The summed E-state index contributed by atoms with van der Waals surface area (Å²) in [4.78, 5) is 0. The number of aliphatic hydroxyl groups is 1. The van der Waals surface area contributed by atoms with Gasteiger partial charge in [0.15, 0.2) is 0 Å². The summed E-state index contributed by atoms with van der Waals surface area (Å²) in [6, 6.07) is 3.21. The Morgan fingerprint density at radius 3 is 2.20 bits per heavy atom. The first kappa shape index (κ1) is 12.1. The van der Waals surface area contributed by atoms with Crippen molar-refractivity contribution in [2.24, 2.45) is 0 Å². The van der Waals surface area contributed by atoms with Crippen LogP contribution in [-0.2, 0) is 0 Å². The number of halogens is 2. The van der Waals surface area contributed by atoms with Crippen molar-refractivity contribution in [3.8, 4) is 0 Å². The number of hydrogen-bond donors (Lipinski definition) is 2. The van der Waals surface area contributed by atoms with Crippen LogP contribution in [0.1, 0.15) is 25.5 Å². The molecular weight excluding hydrogens is 200 g/mol. The summed E-state index contributed by atoms with van der Waals surface area (Å²) in [5, 5.41) is 12.0. The second-order valence-corrected chi connectivity index (χ2v) is 3.68. The molecule has 2 nitrogen and oxygen atoms in total. The van der Waals surface area contributed by atoms with Crippen LogP contribution in [0, 0.1) is 11.6 Å². The summed E-state index contributed by atoms with van der Waals surface area (Å²) in [5.41, 5.74) is 0.535. The zero-order valence-electron chi connectivity index (χ0n) is 8.80. The van der Waals surface area contributed by atoms with Crippen LogP contribution < -0.4 is 5.32 Å². The van der Waals surface area contributed by atoms with Crippen molar-refractivity contribution in [3.05, 3.63) is 35.4 Å². The maximum absolute atomic E-state index is 12.9. The Morgan fingerprint density at radius 2 is 1.73 bits per heavy atom. The minimum Gasteiger partial charge on any atom is -0.392 e. The lowest BCUT2D eigenvalue weighted by Gasteiger charge is -2.15. The maximum Gasteiger partial charge on any atom is 0.126 e. The molecule has 1 rings (SSSR count). The molecule has 1 aromatic rings. The molecule has 15 heavy (non-hydrogen) atoms. The zero-order chi connectivity index (χ0) is 11.4. The molecule has 0 fully saturated rings.